The highest BCUT2D eigenvalue weighted by Gasteiger charge is 2.30. The van der Waals surface area contributed by atoms with Gasteiger partial charge < -0.3 is 4.52 Å². The fourth-order valence-corrected chi connectivity index (χ4v) is 2.78. The van der Waals surface area contributed by atoms with Crippen LogP contribution >= 0.6 is 0 Å². The van der Waals surface area contributed by atoms with Crippen LogP contribution in [0.2, 0.25) is 0 Å². The number of nitrogens with zero attached hydrogens (tertiary/aromatic N) is 6. The molecule has 7 nitrogen and oxygen atoms in total. The van der Waals surface area contributed by atoms with Gasteiger partial charge in [0.2, 0.25) is 5.89 Å². The van der Waals surface area contributed by atoms with Crippen LogP contribution in [0.25, 0.3) is 0 Å². The Kier molecular flexibility index (Phi) is 4.20. The van der Waals surface area contributed by atoms with Crippen LogP contribution in [0.4, 0.5) is 0 Å². The lowest BCUT2D eigenvalue weighted by Crippen LogP contribution is -2.28. The maximum absolute atomic E-state index is 8.83. The number of hydrogen-bond donors (Lipinski definition) is 0. The van der Waals surface area contributed by atoms with Crippen LogP contribution in [0, 0.1) is 11.3 Å². The fraction of sp³-hybridized carbons (Fsp3) is 0.600. The predicted octanol–water partition coefficient (Wildman–Crippen LogP) is 2.10. The Hall–Kier alpha value is -2.20. The van der Waals surface area contributed by atoms with Crippen molar-refractivity contribution in [1.82, 2.24) is 24.8 Å². The van der Waals surface area contributed by atoms with E-state index in [9.17, 15) is 0 Å². The molecule has 1 aliphatic heterocycles. The molecule has 3 rings (SSSR count). The molecule has 0 amide bonds. The third-order valence-corrected chi connectivity index (χ3v) is 3.99. The Morgan fingerprint density at radius 2 is 2.32 bits per heavy atom. The van der Waals surface area contributed by atoms with E-state index >= 15 is 0 Å². The van der Waals surface area contributed by atoms with Gasteiger partial charge in [-0.1, -0.05) is 19.0 Å². The Labute approximate surface area is 129 Å². The zero-order chi connectivity index (χ0) is 15.5. The van der Waals surface area contributed by atoms with E-state index in [1.807, 2.05) is 18.5 Å². The normalized spacial score (nSPS) is 18.9. The lowest BCUT2D eigenvalue weighted by Gasteiger charge is -2.21. The molecule has 7 heteroatoms. The smallest absolute Gasteiger partial charge is 0.229 e. The molecule has 116 valence electrons. The first-order valence-electron chi connectivity index (χ1n) is 7.67. The van der Waals surface area contributed by atoms with Crippen molar-refractivity contribution in [2.45, 2.75) is 45.2 Å². The van der Waals surface area contributed by atoms with Crippen molar-refractivity contribution in [2.75, 3.05) is 13.1 Å². The van der Waals surface area contributed by atoms with Gasteiger partial charge in [-0.25, -0.2) is 0 Å². The van der Waals surface area contributed by atoms with Crippen molar-refractivity contribution in [2.24, 2.45) is 0 Å². The monoisotopic (exact) mass is 300 g/mol. The van der Waals surface area contributed by atoms with Crippen LogP contribution in [0.3, 0.4) is 0 Å². The first-order chi connectivity index (χ1) is 10.7. The molecule has 0 saturated carbocycles. The van der Waals surface area contributed by atoms with Gasteiger partial charge in [-0.15, -0.1) is 0 Å². The third kappa shape index (κ3) is 3.02. The summed E-state index contributed by atoms with van der Waals surface area (Å²) < 4.78 is 7.14. The van der Waals surface area contributed by atoms with Gasteiger partial charge in [0, 0.05) is 18.7 Å². The van der Waals surface area contributed by atoms with Gasteiger partial charge >= 0.3 is 0 Å². The summed E-state index contributed by atoms with van der Waals surface area (Å²) in [6.45, 7) is 6.75. The van der Waals surface area contributed by atoms with Crippen LogP contribution in [0.5, 0.6) is 0 Å². The molecule has 0 aromatic carbocycles. The minimum Gasteiger partial charge on any atom is -0.339 e. The number of likely N-dealkylation sites (tertiary alicyclic amines) is 1. The summed E-state index contributed by atoms with van der Waals surface area (Å²) in [5.41, 5.74) is 0.595. The average molecular weight is 300 g/mol. The molecular weight excluding hydrogens is 280 g/mol. The molecule has 22 heavy (non-hydrogen) atoms. The van der Waals surface area contributed by atoms with Crippen LogP contribution in [-0.4, -0.2) is 37.9 Å². The van der Waals surface area contributed by atoms with Crippen molar-refractivity contribution in [3.63, 3.8) is 0 Å². The van der Waals surface area contributed by atoms with Crippen molar-refractivity contribution in [1.29, 1.82) is 5.26 Å². The van der Waals surface area contributed by atoms with E-state index in [-0.39, 0.29) is 12.0 Å². The van der Waals surface area contributed by atoms with Gasteiger partial charge in [-0.2, -0.15) is 15.3 Å². The zero-order valence-electron chi connectivity index (χ0n) is 12.9. The van der Waals surface area contributed by atoms with Crippen LogP contribution in [0.1, 0.15) is 55.9 Å². The molecule has 0 radical (unpaired) electrons. The zero-order valence-corrected chi connectivity index (χ0v) is 12.9. The van der Waals surface area contributed by atoms with E-state index in [1.54, 1.807) is 12.4 Å². The van der Waals surface area contributed by atoms with Gasteiger partial charge in [-0.05, 0) is 19.4 Å². The second kappa shape index (κ2) is 6.28. The SMILES string of the molecule is CC(C)c1nc([C@H]2CCCN2CCn2cc(C#N)cn2)no1. The Morgan fingerprint density at radius 1 is 1.45 bits per heavy atom. The maximum Gasteiger partial charge on any atom is 0.229 e. The quantitative estimate of drug-likeness (QED) is 0.840. The van der Waals surface area contributed by atoms with Gasteiger partial charge in [0.1, 0.15) is 6.07 Å². The average Bonchev–Trinajstić information content (AvgIpc) is 3.23. The molecule has 0 aliphatic carbocycles. The first-order valence-corrected chi connectivity index (χ1v) is 7.67. The van der Waals surface area contributed by atoms with Gasteiger partial charge in [0.15, 0.2) is 5.82 Å². The molecule has 2 aromatic rings. The summed E-state index contributed by atoms with van der Waals surface area (Å²) >= 11 is 0. The second-order valence-corrected chi connectivity index (χ2v) is 5.94. The summed E-state index contributed by atoms with van der Waals surface area (Å²) in [5, 5.41) is 17.2. The Morgan fingerprint density at radius 3 is 3.00 bits per heavy atom. The summed E-state index contributed by atoms with van der Waals surface area (Å²) in [5.74, 6) is 1.75. The maximum atomic E-state index is 8.83. The van der Waals surface area contributed by atoms with E-state index in [4.69, 9.17) is 9.78 Å². The molecule has 0 spiro atoms. The highest BCUT2D eigenvalue weighted by atomic mass is 16.5. The fourth-order valence-electron chi connectivity index (χ4n) is 2.78. The van der Waals surface area contributed by atoms with Crippen molar-refractivity contribution in [3.8, 4) is 6.07 Å². The molecule has 1 aliphatic rings. The second-order valence-electron chi connectivity index (χ2n) is 5.94. The molecule has 0 bridgehead atoms. The van der Waals surface area contributed by atoms with Crippen LogP contribution in [-0.2, 0) is 6.54 Å². The lowest BCUT2D eigenvalue weighted by atomic mass is 10.2. The first kappa shape index (κ1) is 14.7. The van der Waals surface area contributed by atoms with E-state index in [0.29, 0.717) is 11.5 Å². The van der Waals surface area contributed by atoms with E-state index < -0.39 is 0 Å². The van der Waals surface area contributed by atoms with Crippen molar-refractivity contribution in [3.05, 3.63) is 29.7 Å². The Balaban J connectivity index is 1.64. The number of nitriles is 1. The minimum absolute atomic E-state index is 0.224. The van der Waals surface area contributed by atoms with Crippen LogP contribution in [0.15, 0.2) is 16.9 Å². The molecule has 3 heterocycles. The summed E-state index contributed by atoms with van der Waals surface area (Å²) in [4.78, 5) is 6.89. The van der Waals surface area contributed by atoms with Gasteiger partial charge in [0.25, 0.3) is 0 Å². The summed E-state index contributed by atoms with van der Waals surface area (Å²) in [6, 6.07) is 2.32. The number of hydrogen-bond acceptors (Lipinski definition) is 6. The third-order valence-electron chi connectivity index (χ3n) is 3.99. The lowest BCUT2D eigenvalue weighted by molar-refractivity contribution is 0.230. The molecule has 1 fully saturated rings. The Bertz CT molecular complexity index is 668. The summed E-state index contributed by atoms with van der Waals surface area (Å²) in [6.07, 6.45) is 5.56. The van der Waals surface area contributed by atoms with Crippen molar-refractivity contribution >= 4 is 0 Å². The number of aromatic nitrogens is 4. The highest BCUT2D eigenvalue weighted by molar-refractivity contribution is 5.21. The van der Waals surface area contributed by atoms with Crippen molar-refractivity contribution < 1.29 is 4.52 Å². The van der Waals surface area contributed by atoms with E-state index in [2.05, 4.69) is 26.2 Å². The minimum atomic E-state index is 0.224. The van der Waals surface area contributed by atoms with Gasteiger partial charge in [0.05, 0.1) is 24.3 Å². The highest BCUT2D eigenvalue weighted by Crippen LogP contribution is 2.30. The molecule has 1 atom stereocenters. The topological polar surface area (TPSA) is 83.8 Å². The summed E-state index contributed by atoms with van der Waals surface area (Å²) in [7, 11) is 0. The van der Waals surface area contributed by atoms with Crippen LogP contribution < -0.4 is 0 Å². The van der Waals surface area contributed by atoms with E-state index in [0.717, 1.165) is 38.3 Å². The standard InChI is InChI=1S/C15H20N6O/c1-11(2)15-18-14(19-22-15)13-4-3-5-20(13)6-7-21-10-12(8-16)9-17-21/h9-11,13H,3-7H2,1-2H3/t13-/m1/s1. The molecule has 0 unspecified atom stereocenters. The largest absolute Gasteiger partial charge is 0.339 e. The van der Waals surface area contributed by atoms with E-state index in [1.165, 1.54) is 0 Å². The molecule has 1 saturated heterocycles. The predicted molar refractivity (Wildman–Crippen MR) is 78.9 cm³/mol. The molecule has 2 aromatic heterocycles. The molecular formula is C15H20N6O. The van der Waals surface area contributed by atoms with Gasteiger partial charge in [-0.3, -0.25) is 9.58 Å². The molecule has 0 N–H and O–H groups in total. The number of rotatable bonds is 5.